The number of fused-ring (bicyclic) bond motifs is 2. The number of carboxylic acid groups (broad SMARTS) is 1. The van der Waals surface area contributed by atoms with E-state index in [0.29, 0.717) is 17.2 Å². The van der Waals surface area contributed by atoms with Crippen molar-refractivity contribution in [3.8, 4) is 11.1 Å². The molecule has 3 aromatic rings. The summed E-state index contributed by atoms with van der Waals surface area (Å²) < 4.78 is 14.2. The second kappa shape index (κ2) is 10.4. The van der Waals surface area contributed by atoms with Crippen LogP contribution < -0.4 is 10.2 Å². The molecule has 3 atom stereocenters. The van der Waals surface area contributed by atoms with Crippen molar-refractivity contribution in [1.82, 2.24) is 0 Å². The zero-order chi connectivity index (χ0) is 26.9. The maximum atomic E-state index is 14.2. The van der Waals surface area contributed by atoms with E-state index in [1.807, 2.05) is 14.1 Å². The molecule has 0 saturated heterocycles. The Bertz CT molecular complexity index is 1360. The van der Waals surface area contributed by atoms with Gasteiger partial charge in [0.05, 0.1) is 0 Å². The van der Waals surface area contributed by atoms with E-state index in [-0.39, 0.29) is 17.2 Å². The number of carbonyl (C=O) groups is 2. The third-order valence-corrected chi connectivity index (χ3v) is 8.20. The number of carbonyl (C=O) groups excluding carboxylic acids is 1. The summed E-state index contributed by atoms with van der Waals surface area (Å²) in [4.78, 5) is 26.4. The first-order valence-electron chi connectivity index (χ1n) is 13.1. The summed E-state index contributed by atoms with van der Waals surface area (Å²) in [7, 11) is 4.06. The van der Waals surface area contributed by atoms with Gasteiger partial charge in [0.25, 0.3) is 0 Å². The number of nitrogens with zero attached hydrogens (tertiary/aromatic N) is 1. The number of nitrogens with one attached hydrogen (secondary N) is 1. The Hall–Kier alpha value is -3.93. The molecule has 0 radical (unpaired) electrons. The van der Waals surface area contributed by atoms with Gasteiger partial charge >= 0.3 is 5.97 Å². The SMILES string of the molecule is CN(C)c1ccc(-c2ccc(C[C@@]34CC[C@H](C[C@H]3C(=O)Nc3cc(F)cc(/C=C/C(=O)O)c3)C4)cc2)cc1. The number of halogens is 1. The van der Waals surface area contributed by atoms with Crippen LogP contribution in [0.3, 0.4) is 0 Å². The lowest BCUT2D eigenvalue weighted by molar-refractivity contribution is -0.131. The summed E-state index contributed by atoms with van der Waals surface area (Å²) in [6, 6.07) is 21.3. The summed E-state index contributed by atoms with van der Waals surface area (Å²) in [5.74, 6) is -1.31. The van der Waals surface area contributed by atoms with E-state index >= 15 is 0 Å². The lowest BCUT2D eigenvalue weighted by Gasteiger charge is -2.34. The van der Waals surface area contributed by atoms with Gasteiger partial charge in [0.15, 0.2) is 0 Å². The molecule has 5 nitrogen and oxygen atoms in total. The number of anilines is 2. The molecule has 2 fully saturated rings. The monoisotopic (exact) mass is 512 g/mol. The molecular weight excluding hydrogens is 479 g/mol. The van der Waals surface area contributed by atoms with E-state index < -0.39 is 11.8 Å². The molecule has 3 aromatic carbocycles. The second-order valence-electron chi connectivity index (χ2n) is 11.0. The van der Waals surface area contributed by atoms with E-state index in [1.54, 1.807) is 6.07 Å². The van der Waals surface area contributed by atoms with Gasteiger partial charge in [-0.2, -0.15) is 0 Å². The summed E-state index contributed by atoms with van der Waals surface area (Å²) in [5.41, 5.74) is 5.38. The van der Waals surface area contributed by atoms with Gasteiger partial charge in [0, 0.05) is 37.5 Å². The van der Waals surface area contributed by atoms with Crippen LogP contribution in [-0.2, 0) is 16.0 Å². The fraction of sp³-hybridized carbons (Fsp3) is 0.312. The topological polar surface area (TPSA) is 69.6 Å². The predicted molar refractivity (Wildman–Crippen MR) is 149 cm³/mol. The summed E-state index contributed by atoms with van der Waals surface area (Å²) in [5, 5.41) is 11.8. The van der Waals surface area contributed by atoms with Gasteiger partial charge in [0.1, 0.15) is 5.82 Å². The minimum atomic E-state index is -1.11. The Labute approximate surface area is 223 Å². The highest BCUT2D eigenvalue weighted by Gasteiger charge is 2.54. The van der Waals surface area contributed by atoms with Crippen LogP contribution in [0.15, 0.2) is 72.8 Å². The zero-order valence-corrected chi connectivity index (χ0v) is 21.8. The third kappa shape index (κ3) is 5.49. The van der Waals surface area contributed by atoms with E-state index in [2.05, 4.69) is 58.7 Å². The normalized spacial score (nSPS) is 22.1. The van der Waals surface area contributed by atoms with Gasteiger partial charge in [-0.15, -0.1) is 0 Å². The van der Waals surface area contributed by atoms with Gasteiger partial charge < -0.3 is 15.3 Å². The van der Waals surface area contributed by atoms with Crippen molar-refractivity contribution in [3.05, 3.63) is 89.8 Å². The second-order valence-corrected chi connectivity index (χ2v) is 11.0. The highest BCUT2D eigenvalue weighted by molar-refractivity contribution is 5.94. The van der Waals surface area contributed by atoms with Crippen molar-refractivity contribution in [3.63, 3.8) is 0 Å². The van der Waals surface area contributed by atoms with E-state index in [4.69, 9.17) is 5.11 Å². The van der Waals surface area contributed by atoms with Crippen molar-refractivity contribution in [2.45, 2.75) is 32.1 Å². The molecule has 0 unspecified atom stereocenters. The smallest absolute Gasteiger partial charge is 0.328 e. The fourth-order valence-corrected chi connectivity index (χ4v) is 6.39. The first kappa shape index (κ1) is 25.7. The van der Waals surface area contributed by atoms with Gasteiger partial charge in [-0.05, 0) is 102 Å². The first-order valence-corrected chi connectivity index (χ1v) is 13.1. The highest BCUT2D eigenvalue weighted by Crippen LogP contribution is 2.59. The Morgan fingerprint density at radius 1 is 1.05 bits per heavy atom. The number of benzene rings is 3. The highest BCUT2D eigenvalue weighted by atomic mass is 19.1. The lowest BCUT2D eigenvalue weighted by atomic mass is 9.70. The Balaban J connectivity index is 1.30. The number of amides is 1. The Morgan fingerprint density at radius 2 is 1.74 bits per heavy atom. The van der Waals surface area contributed by atoms with Crippen LogP contribution >= 0.6 is 0 Å². The molecule has 2 aliphatic rings. The van der Waals surface area contributed by atoms with Crippen LogP contribution in [0.2, 0.25) is 0 Å². The fourth-order valence-electron chi connectivity index (χ4n) is 6.39. The maximum absolute atomic E-state index is 14.2. The number of aliphatic carboxylic acids is 1. The molecular formula is C32H33FN2O3. The molecule has 2 N–H and O–H groups in total. The molecule has 5 rings (SSSR count). The quantitative estimate of drug-likeness (QED) is 0.332. The molecule has 38 heavy (non-hydrogen) atoms. The lowest BCUT2D eigenvalue weighted by Crippen LogP contribution is -2.37. The van der Waals surface area contributed by atoms with E-state index in [9.17, 15) is 14.0 Å². The van der Waals surface area contributed by atoms with Crippen molar-refractivity contribution < 1.29 is 19.1 Å². The third-order valence-electron chi connectivity index (χ3n) is 8.20. The molecule has 2 aliphatic carbocycles. The van der Waals surface area contributed by atoms with Gasteiger partial charge in [-0.25, -0.2) is 9.18 Å². The Kier molecular flexibility index (Phi) is 7.06. The van der Waals surface area contributed by atoms with E-state index in [0.717, 1.165) is 43.9 Å². The number of rotatable bonds is 8. The average Bonchev–Trinajstić information content (AvgIpc) is 3.46. The molecule has 1 amide bonds. The van der Waals surface area contributed by atoms with Crippen LogP contribution in [0, 0.1) is 23.1 Å². The van der Waals surface area contributed by atoms with Crippen molar-refractivity contribution in [1.29, 1.82) is 0 Å². The molecule has 0 aromatic heterocycles. The number of hydrogen-bond acceptors (Lipinski definition) is 3. The van der Waals surface area contributed by atoms with Gasteiger partial charge in [-0.1, -0.05) is 36.4 Å². The van der Waals surface area contributed by atoms with Crippen molar-refractivity contribution in [2.24, 2.45) is 17.3 Å². The van der Waals surface area contributed by atoms with Crippen LogP contribution in [0.25, 0.3) is 17.2 Å². The molecule has 196 valence electrons. The number of hydrogen-bond donors (Lipinski definition) is 2. The first-order chi connectivity index (χ1) is 18.2. The standard InChI is InChI=1S/C32H33FN2O3/c1-35(2)28-10-8-25(9-11-28)24-6-3-21(4-7-24)19-32-14-13-23(20-32)17-29(32)31(38)34-27-16-22(5-12-30(36)37)15-26(33)18-27/h3-12,15-16,18,23,29H,13-14,17,19-20H2,1-2H3,(H,34,38)(H,36,37)/b12-5+/t23-,29+,32-/m1/s1. The van der Waals surface area contributed by atoms with Crippen LogP contribution in [0.4, 0.5) is 15.8 Å². The summed E-state index contributed by atoms with van der Waals surface area (Å²) in [6.45, 7) is 0. The van der Waals surface area contributed by atoms with E-state index in [1.165, 1.54) is 34.9 Å². The summed E-state index contributed by atoms with van der Waals surface area (Å²) in [6.07, 6.45) is 7.16. The molecule has 2 saturated carbocycles. The van der Waals surface area contributed by atoms with Crippen molar-refractivity contribution in [2.75, 3.05) is 24.3 Å². The van der Waals surface area contributed by atoms with Crippen LogP contribution in [-0.4, -0.2) is 31.1 Å². The largest absolute Gasteiger partial charge is 0.478 e. The summed E-state index contributed by atoms with van der Waals surface area (Å²) >= 11 is 0. The van der Waals surface area contributed by atoms with Crippen LogP contribution in [0.1, 0.15) is 36.8 Å². The minimum absolute atomic E-state index is 0.0800. The minimum Gasteiger partial charge on any atom is -0.478 e. The van der Waals surface area contributed by atoms with Gasteiger partial charge in [0.2, 0.25) is 5.91 Å². The van der Waals surface area contributed by atoms with Crippen molar-refractivity contribution >= 4 is 29.3 Å². The van der Waals surface area contributed by atoms with Crippen LogP contribution in [0.5, 0.6) is 0 Å². The Morgan fingerprint density at radius 3 is 2.37 bits per heavy atom. The molecule has 0 heterocycles. The molecule has 6 heteroatoms. The maximum Gasteiger partial charge on any atom is 0.328 e. The zero-order valence-electron chi connectivity index (χ0n) is 21.8. The predicted octanol–water partition coefficient (Wildman–Crippen LogP) is 6.64. The number of carboxylic acids is 1. The molecule has 2 bridgehead atoms. The molecule has 0 aliphatic heterocycles. The average molecular weight is 513 g/mol. The molecule has 0 spiro atoms. The van der Waals surface area contributed by atoms with Gasteiger partial charge in [-0.3, -0.25) is 4.79 Å².